The number of aryl methyl sites for hydroxylation is 1. The minimum Gasteiger partial charge on any atom is -0.506 e. The molecule has 1 aliphatic heterocycles. The maximum atomic E-state index is 10.6. The third-order valence-electron chi connectivity index (χ3n) is 5.70. The third-order valence-corrected chi connectivity index (χ3v) is 6.01. The van der Waals surface area contributed by atoms with Gasteiger partial charge in [-0.2, -0.15) is 0 Å². The Bertz CT molecular complexity index is 1240. The summed E-state index contributed by atoms with van der Waals surface area (Å²) in [7, 11) is 0. The van der Waals surface area contributed by atoms with Gasteiger partial charge in [-0.15, -0.1) is 0 Å². The fourth-order valence-corrected chi connectivity index (χ4v) is 4.61. The molecule has 1 aliphatic rings. The first kappa shape index (κ1) is 19.3. The number of aromatic hydroxyl groups is 1. The predicted octanol–water partition coefficient (Wildman–Crippen LogP) is 5.06. The molecule has 5 rings (SSSR count). The molecule has 0 bridgehead atoms. The molecule has 2 aromatic carbocycles. The van der Waals surface area contributed by atoms with Gasteiger partial charge in [0.05, 0.1) is 17.4 Å². The van der Waals surface area contributed by atoms with Crippen LogP contribution in [0.15, 0.2) is 91.3 Å². The normalized spacial score (nSPS) is 18.2. The first-order valence-electron chi connectivity index (χ1n) is 10.2. The molecule has 0 radical (unpaired) electrons. The Morgan fingerprint density at radius 3 is 2.39 bits per heavy atom. The van der Waals surface area contributed by atoms with Crippen molar-refractivity contribution in [2.24, 2.45) is 0 Å². The van der Waals surface area contributed by atoms with Gasteiger partial charge in [-0.25, -0.2) is 0 Å². The molecule has 1 fully saturated rings. The van der Waals surface area contributed by atoms with Gasteiger partial charge in [0.1, 0.15) is 11.8 Å². The smallest absolute Gasteiger partial charge is 0.174 e. The number of aromatic nitrogens is 2. The van der Waals surface area contributed by atoms with E-state index >= 15 is 0 Å². The number of para-hydroxylation sites is 3. The fraction of sp³-hybridized carbons (Fsp3) is 0.120. The van der Waals surface area contributed by atoms with E-state index in [1.807, 2.05) is 59.5 Å². The quantitative estimate of drug-likeness (QED) is 0.447. The second kappa shape index (κ2) is 7.89. The maximum Gasteiger partial charge on any atom is 0.174 e. The molecule has 2 aromatic heterocycles. The Morgan fingerprint density at radius 1 is 0.903 bits per heavy atom. The average Bonchev–Trinajstić information content (AvgIpc) is 3.39. The number of thiocarbonyl (C=S) groups is 1. The fourth-order valence-electron chi connectivity index (χ4n) is 4.27. The molecule has 1 saturated heterocycles. The summed E-state index contributed by atoms with van der Waals surface area (Å²) in [6, 6.07) is 25.2. The maximum absolute atomic E-state index is 10.6. The van der Waals surface area contributed by atoms with Crippen LogP contribution in [0.5, 0.6) is 5.75 Å². The van der Waals surface area contributed by atoms with Crippen molar-refractivity contribution in [3.05, 3.63) is 108 Å². The van der Waals surface area contributed by atoms with Crippen LogP contribution in [-0.4, -0.2) is 19.8 Å². The van der Waals surface area contributed by atoms with Crippen LogP contribution in [0.3, 0.4) is 0 Å². The highest BCUT2D eigenvalue weighted by molar-refractivity contribution is 7.80. The van der Waals surface area contributed by atoms with Crippen LogP contribution in [-0.2, 0) is 0 Å². The second-order valence-corrected chi connectivity index (χ2v) is 7.96. The highest BCUT2D eigenvalue weighted by Gasteiger charge is 2.43. The van der Waals surface area contributed by atoms with Crippen LogP contribution in [0.1, 0.15) is 29.0 Å². The number of phenolic OH excluding ortho intramolecular Hbond substituents is 1. The van der Waals surface area contributed by atoms with E-state index in [1.54, 1.807) is 12.3 Å². The van der Waals surface area contributed by atoms with Crippen LogP contribution < -0.4 is 10.2 Å². The van der Waals surface area contributed by atoms with E-state index in [2.05, 4.69) is 46.2 Å². The summed E-state index contributed by atoms with van der Waals surface area (Å²) < 4.78 is 2.19. The van der Waals surface area contributed by atoms with E-state index in [0.717, 1.165) is 17.1 Å². The van der Waals surface area contributed by atoms with E-state index in [-0.39, 0.29) is 17.8 Å². The average molecular weight is 427 g/mol. The molecule has 5 nitrogen and oxygen atoms in total. The van der Waals surface area contributed by atoms with Gasteiger partial charge in [-0.1, -0.05) is 36.4 Å². The Kier molecular flexibility index (Phi) is 4.92. The molecule has 31 heavy (non-hydrogen) atoms. The number of anilines is 1. The van der Waals surface area contributed by atoms with Crippen molar-refractivity contribution in [1.29, 1.82) is 0 Å². The van der Waals surface area contributed by atoms with Crippen LogP contribution in [0.4, 0.5) is 5.69 Å². The Balaban J connectivity index is 1.71. The number of hydrogen-bond donors (Lipinski definition) is 2. The molecule has 154 valence electrons. The van der Waals surface area contributed by atoms with Gasteiger partial charge < -0.3 is 19.9 Å². The lowest BCUT2D eigenvalue weighted by Crippen LogP contribution is -2.30. The van der Waals surface area contributed by atoms with Gasteiger partial charge in [0.2, 0.25) is 0 Å². The molecule has 0 saturated carbocycles. The summed E-state index contributed by atoms with van der Waals surface area (Å²) in [6.45, 7) is 2.10. The molecule has 3 heterocycles. The molecule has 4 aromatic rings. The zero-order chi connectivity index (χ0) is 21.4. The standard InChI is InChI=1S/C25H22N4OS/c1-17-9-2-3-11-19(17)28-16-8-13-21(28)24-23(18-10-6-7-15-26-18)27-25(31)29(24)20-12-4-5-14-22(20)30/h2-16,23-24,30H,1H3,(H,27,31)/t23-,24-/m0/s1. The van der Waals surface area contributed by atoms with Crippen LogP contribution >= 0.6 is 12.2 Å². The number of phenols is 1. The Hall–Kier alpha value is -3.64. The molecule has 2 N–H and O–H groups in total. The molecule has 0 aliphatic carbocycles. The lowest BCUT2D eigenvalue weighted by molar-refractivity contribution is 0.472. The number of rotatable bonds is 4. The van der Waals surface area contributed by atoms with Gasteiger partial charge in [0, 0.05) is 23.8 Å². The van der Waals surface area contributed by atoms with Crippen molar-refractivity contribution >= 4 is 23.0 Å². The molecular weight excluding hydrogens is 404 g/mol. The molecule has 0 amide bonds. The van der Waals surface area contributed by atoms with E-state index in [4.69, 9.17) is 12.2 Å². The van der Waals surface area contributed by atoms with Crippen molar-refractivity contribution in [3.63, 3.8) is 0 Å². The monoisotopic (exact) mass is 426 g/mol. The zero-order valence-corrected chi connectivity index (χ0v) is 17.8. The number of hydrogen-bond acceptors (Lipinski definition) is 3. The Labute approximate surface area is 186 Å². The van der Waals surface area contributed by atoms with Crippen molar-refractivity contribution in [1.82, 2.24) is 14.9 Å². The summed E-state index contributed by atoms with van der Waals surface area (Å²) in [5.41, 5.74) is 4.90. The summed E-state index contributed by atoms with van der Waals surface area (Å²) in [6.07, 6.45) is 3.86. The number of benzene rings is 2. The van der Waals surface area contributed by atoms with Gasteiger partial charge in [0.25, 0.3) is 0 Å². The van der Waals surface area contributed by atoms with Crippen molar-refractivity contribution < 1.29 is 5.11 Å². The lowest BCUT2D eigenvalue weighted by atomic mass is 10.0. The van der Waals surface area contributed by atoms with E-state index in [1.165, 1.54) is 5.56 Å². The topological polar surface area (TPSA) is 53.3 Å². The highest BCUT2D eigenvalue weighted by Crippen LogP contribution is 2.44. The number of pyridine rings is 1. The number of nitrogens with one attached hydrogen (secondary N) is 1. The summed E-state index contributed by atoms with van der Waals surface area (Å²) in [5.74, 6) is 0.187. The third kappa shape index (κ3) is 3.35. The first-order valence-corrected chi connectivity index (χ1v) is 10.6. The van der Waals surface area contributed by atoms with Crippen molar-refractivity contribution in [2.45, 2.75) is 19.0 Å². The summed E-state index contributed by atoms with van der Waals surface area (Å²) in [4.78, 5) is 6.60. The largest absolute Gasteiger partial charge is 0.506 e. The SMILES string of the molecule is Cc1ccccc1-n1cccc1[C@H]1[C@H](c2ccccn2)NC(=S)N1c1ccccc1O. The number of nitrogens with zero attached hydrogens (tertiary/aromatic N) is 3. The predicted molar refractivity (Wildman–Crippen MR) is 127 cm³/mol. The van der Waals surface area contributed by atoms with E-state index < -0.39 is 0 Å². The second-order valence-electron chi connectivity index (χ2n) is 7.57. The molecule has 0 unspecified atom stereocenters. The molecule has 2 atom stereocenters. The first-order chi connectivity index (χ1) is 15.1. The van der Waals surface area contributed by atoms with Crippen molar-refractivity contribution in [3.8, 4) is 11.4 Å². The van der Waals surface area contributed by atoms with E-state index in [0.29, 0.717) is 10.8 Å². The molecule has 6 heteroatoms. The van der Waals surface area contributed by atoms with Crippen LogP contribution in [0.25, 0.3) is 5.69 Å². The minimum atomic E-state index is -0.203. The summed E-state index contributed by atoms with van der Waals surface area (Å²) in [5, 5.41) is 14.6. The van der Waals surface area contributed by atoms with E-state index in [9.17, 15) is 5.11 Å². The molecular formula is C25H22N4OS. The minimum absolute atomic E-state index is 0.175. The van der Waals surface area contributed by atoms with Crippen molar-refractivity contribution in [2.75, 3.05) is 4.90 Å². The Morgan fingerprint density at radius 2 is 1.65 bits per heavy atom. The van der Waals surface area contributed by atoms with Gasteiger partial charge in [-0.05, 0) is 67.2 Å². The van der Waals surface area contributed by atoms with Gasteiger partial charge >= 0.3 is 0 Å². The van der Waals surface area contributed by atoms with Gasteiger partial charge in [0.15, 0.2) is 5.11 Å². The summed E-state index contributed by atoms with van der Waals surface area (Å²) >= 11 is 5.76. The lowest BCUT2D eigenvalue weighted by Gasteiger charge is -2.29. The molecule has 0 spiro atoms. The van der Waals surface area contributed by atoms with Crippen LogP contribution in [0.2, 0.25) is 0 Å². The highest BCUT2D eigenvalue weighted by atomic mass is 32.1. The van der Waals surface area contributed by atoms with Crippen LogP contribution in [0, 0.1) is 6.92 Å². The zero-order valence-electron chi connectivity index (χ0n) is 17.0. The van der Waals surface area contributed by atoms with Gasteiger partial charge in [-0.3, -0.25) is 4.98 Å².